The van der Waals surface area contributed by atoms with E-state index >= 15 is 0 Å². The van der Waals surface area contributed by atoms with Gasteiger partial charge in [-0.3, -0.25) is 4.79 Å². The monoisotopic (exact) mass is 243 g/mol. The second kappa shape index (κ2) is 8.51. The van der Waals surface area contributed by atoms with Gasteiger partial charge < -0.3 is 9.64 Å². The van der Waals surface area contributed by atoms with Crippen molar-refractivity contribution in [2.75, 3.05) is 26.2 Å². The maximum Gasteiger partial charge on any atom is 0.311 e. The molecule has 0 saturated heterocycles. The van der Waals surface area contributed by atoms with E-state index in [0.717, 1.165) is 38.9 Å². The summed E-state index contributed by atoms with van der Waals surface area (Å²) in [6.07, 6.45) is 2.83. The molecule has 0 aromatic carbocycles. The van der Waals surface area contributed by atoms with E-state index in [1.165, 1.54) is 0 Å². The molecule has 17 heavy (non-hydrogen) atoms. The summed E-state index contributed by atoms with van der Waals surface area (Å²) in [5.74, 6) is -0.0566. The van der Waals surface area contributed by atoms with Crippen LogP contribution in [0.4, 0.5) is 0 Å². The predicted octanol–water partition coefficient (Wildman–Crippen LogP) is 3.09. The summed E-state index contributed by atoms with van der Waals surface area (Å²) in [6, 6.07) is 0. The van der Waals surface area contributed by atoms with E-state index in [9.17, 15) is 4.79 Å². The van der Waals surface area contributed by atoms with Crippen molar-refractivity contribution in [3.63, 3.8) is 0 Å². The van der Waals surface area contributed by atoms with E-state index < -0.39 is 0 Å². The second-order valence-corrected chi connectivity index (χ2v) is 5.15. The Hall–Kier alpha value is -0.570. The van der Waals surface area contributed by atoms with Crippen LogP contribution in [0.1, 0.15) is 53.9 Å². The molecule has 0 rings (SSSR count). The van der Waals surface area contributed by atoms with Gasteiger partial charge >= 0.3 is 5.97 Å². The first-order valence-electron chi connectivity index (χ1n) is 6.87. The van der Waals surface area contributed by atoms with Gasteiger partial charge in [0.1, 0.15) is 0 Å². The van der Waals surface area contributed by atoms with Crippen LogP contribution in [0.5, 0.6) is 0 Å². The fraction of sp³-hybridized carbons (Fsp3) is 0.929. The number of hydrogen-bond acceptors (Lipinski definition) is 3. The molecule has 0 N–H and O–H groups in total. The van der Waals surface area contributed by atoms with Crippen LogP contribution < -0.4 is 0 Å². The van der Waals surface area contributed by atoms with Gasteiger partial charge in [0, 0.05) is 6.54 Å². The molecule has 0 aliphatic heterocycles. The molecule has 3 nitrogen and oxygen atoms in total. The molecule has 102 valence electrons. The lowest BCUT2D eigenvalue weighted by atomic mass is 9.88. The molecule has 0 atom stereocenters. The second-order valence-electron chi connectivity index (χ2n) is 5.15. The van der Waals surface area contributed by atoms with Crippen LogP contribution in [0.3, 0.4) is 0 Å². The first-order valence-corrected chi connectivity index (χ1v) is 6.87. The Bertz CT molecular complexity index is 210. The molecule has 0 saturated carbocycles. The van der Waals surface area contributed by atoms with Gasteiger partial charge in [-0.2, -0.15) is 0 Å². The van der Waals surface area contributed by atoms with Crippen LogP contribution in [0, 0.1) is 5.41 Å². The predicted molar refractivity (Wildman–Crippen MR) is 72.1 cm³/mol. The third-order valence-corrected chi connectivity index (χ3v) is 3.17. The lowest BCUT2D eigenvalue weighted by Crippen LogP contribution is -2.28. The fourth-order valence-corrected chi connectivity index (χ4v) is 1.92. The highest BCUT2D eigenvalue weighted by Crippen LogP contribution is 2.23. The van der Waals surface area contributed by atoms with Crippen LogP contribution in [0.15, 0.2) is 0 Å². The van der Waals surface area contributed by atoms with E-state index in [1.807, 2.05) is 13.8 Å². The molecular weight excluding hydrogens is 214 g/mol. The molecule has 0 aromatic heterocycles. The average Bonchev–Trinajstić information content (AvgIpc) is 2.29. The van der Waals surface area contributed by atoms with Crippen molar-refractivity contribution in [2.24, 2.45) is 5.41 Å². The van der Waals surface area contributed by atoms with Crippen LogP contribution in [0.25, 0.3) is 0 Å². The van der Waals surface area contributed by atoms with E-state index in [0.29, 0.717) is 6.61 Å². The Morgan fingerprint density at radius 2 is 1.76 bits per heavy atom. The van der Waals surface area contributed by atoms with E-state index in [2.05, 4.69) is 25.7 Å². The van der Waals surface area contributed by atoms with Crippen molar-refractivity contribution in [3.05, 3.63) is 0 Å². The number of esters is 1. The first-order chi connectivity index (χ1) is 7.97. The molecule has 0 aliphatic rings. The van der Waals surface area contributed by atoms with Crippen molar-refractivity contribution in [3.8, 4) is 0 Å². The van der Waals surface area contributed by atoms with Gasteiger partial charge in [-0.15, -0.1) is 0 Å². The molecular formula is C14H29NO2. The third-order valence-electron chi connectivity index (χ3n) is 3.17. The Morgan fingerprint density at radius 1 is 1.18 bits per heavy atom. The van der Waals surface area contributed by atoms with Crippen LogP contribution in [-0.4, -0.2) is 37.1 Å². The molecule has 0 aliphatic carbocycles. The first kappa shape index (κ1) is 16.4. The maximum absolute atomic E-state index is 11.8. The van der Waals surface area contributed by atoms with E-state index in [1.54, 1.807) is 0 Å². The van der Waals surface area contributed by atoms with Crippen molar-refractivity contribution in [1.29, 1.82) is 0 Å². The zero-order valence-electron chi connectivity index (χ0n) is 12.2. The summed E-state index contributed by atoms with van der Waals surface area (Å²) < 4.78 is 5.33. The molecule has 0 bridgehead atoms. The Kier molecular flexibility index (Phi) is 8.23. The summed E-state index contributed by atoms with van der Waals surface area (Å²) >= 11 is 0. The highest BCUT2D eigenvalue weighted by atomic mass is 16.5. The smallest absolute Gasteiger partial charge is 0.311 e. The van der Waals surface area contributed by atoms with Gasteiger partial charge in [0.2, 0.25) is 0 Å². The molecule has 0 heterocycles. The van der Waals surface area contributed by atoms with Crippen LogP contribution in [0.2, 0.25) is 0 Å². The van der Waals surface area contributed by atoms with Crippen molar-refractivity contribution < 1.29 is 9.53 Å². The van der Waals surface area contributed by atoms with E-state index in [-0.39, 0.29) is 11.4 Å². The highest BCUT2D eigenvalue weighted by Gasteiger charge is 2.27. The summed E-state index contributed by atoms with van der Waals surface area (Å²) in [5.41, 5.74) is -0.329. The normalized spacial score (nSPS) is 11.9. The minimum Gasteiger partial charge on any atom is -0.465 e. The molecule has 0 amide bonds. The van der Waals surface area contributed by atoms with Gasteiger partial charge in [0.25, 0.3) is 0 Å². The molecule has 0 radical (unpaired) electrons. The standard InChI is InChI=1S/C14H29NO2/c1-6-10-14(4,5)13(16)17-12-9-11-15(7-2)8-3/h6-12H2,1-5H3. The molecule has 3 heteroatoms. The number of ether oxygens (including phenoxy) is 1. The fourth-order valence-electron chi connectivity index (χ4n) is 1.92. The molecule has 0 unspecified atom stereocenters. The highest BCUT2D eigenvalue weighted by molar-refractivity contribution is 5.75. The molecule has 0 fully saturated rings. The summed E-state index contributed by atoms with van der Waals surface area (Å²) in [5, 5.41) is 0. The van der Waals surface area contributed by atoms with Crippen LogP contribution >= 0.6 is 0 Å². The number of hydrogen-bond donors (Lipinski definition) is 0. The third kappa shape index (κ3) is 6.67. The Labute approximate surface area is 107 Å². The maximum atomic E-state index is 11.8. The van der Waals surface area contributed by atoms with Gasteiger partial charge in [-0.1, -0.05) is 27.2 Å². The molecule has 0 aromatic rings. The van der Waals surface area contributed by atoms with Gasteiger partial charge in [-0.25, -0.2) is 0 Å². The summed E-state index contributed by atoms with van der Waals surface area (Å²) in [7, 11) is 0. The molecule has 0 spiro atoms. The Balaban J connectivity index is 3.78. The average molecular weight is 243 g/mol. The zero-order chi connectivity index (χ0) is 13.3. The number of rotatable bonds is 9. The quantitative estimate of drug-likeness (QED) is 0.460. The lowest BCUT2D eigenvalue weighted by molar-refractivity contribution is -0.154. The number of carbonyl (C=O) groups is 1. The van der Waals surface area contributed by atoms with Crippen molar-refractivity contribution >= 4 is 5.97 Å². The largest absolute Gasteiger partial charge is 0.465 e. The summed E-state index contributed by atoms with van der Waals surface area (Å²) in [6.45, 7) is 14.0. The van der Waals surface area contributed by atoms with Crippen molar-refractivity contribution in [2.45, 2.75) is 53.9 Å². The minimum atomic E-state index is -0.329. The van der Waals surface area contributed by atoms with Crippen LogP contribution in [-0.2, 0) is 9.53 Å². The van der Waals surface area contributed by atoms with Gasteiger partial charge in [0.15, 0.2) is 0 Å². The minimum absolute atomic E-state index is 0.0566. The lowest BCUT2D eigenvalue weighted by Gasteiger charge is -2.22. The number of nitrogens with zero attached hydrogens (tertiary/aromatic N) is 1. The Morgan fingerprint density at radius 3 is 2.24 bits per heavy atom. The van der Waals surface area contributed by atoms with Gasteiger partial charge in [-0.05, 0) is 39.8 Å². The summed E-state index contributed by atoms with van der Waals surface area (Å²) in [4.78, 5) is 14.1. The van der Waals surface area contributed by atoms with Gasteiger partial charge in [0.05, 0.1) is 12.0 Å². The SMILES string of the molecule is CCCC(C)(C)C(=O)OCCCN(CC)CC. The topological polar surface area (TPSA) is 29.5 Å². The number of carbonyl (C=O) groups excluding carboxylic acids is 1. The van der Waals surface area contributed by atoms with E-state index in [4.69, 9.17) is 4.74 Å². The zero-order valence-corrected chi connectivity index (χ0v) is 12.2. The van der Waals surface area contributed by atoms with Crippen molar-refractivity contribution in [1.82, 2.24) is 4.90 Å².